The van der Waals surface area contributed by atoms with Crippen LogP contribution in [-0.4, -0.2) is 29.0 Å². The zero-order chi connectivity index (χ0) is 13.3. The Kier molecular flexibility index (Phi) is 3.09. The zero-order valence-corrected chi connectivity index (χ0v) is 10.7. The van der Waals surface area contributed by atoms with Crippen LogP contribution in [0.3, 0.4) is 0 Å². The van der Waals surface area contributed by atoms with E-state index in [-0.39, 0.29) is 16.4 Å². The molecule has 1 aromatic heterocycles. The molecule has 7 nitrogen and oxygen atoms in total. The third-order valence-electron chi connectivity index (χ3n) is 2.15. The largest absolute Gasteiger partial charge is 0.271 e. The summed E-state index contributed by atoms with van der Waals surface area (Å²) in [7, 11) is -3.53. The summed E-state index contributed by atoms with van der Waals surface area (Å²) in [6.45, 7) is 0. The fraction of sp³-hybridized carbons (Fsp3) is 0.111. The minimum Gasteiger partial charge on any atom is -0.258 e. The van der Waals surface area contributed by atoms with Crippen LogP contribution >= 0.6 is 11.5 Å². The molecule has 1 aromatic carbocycles. The van der Waals surface area contributed by atoms with E-state index in [9.17, 15) is 18.5 Å². The smallest absolute Gasteiger partial charge is 0.258 e. The lowest BCUT2D eigenvalue weighted by Crippen LogP contribution is -2.00. The quantitative estimate of drug-likeness (QED) is 0.625. The van der Waals surface area contributed by atoms with Crippen LogP contribution in [0.2, 0.25) is 0 Å². The Labute approximate surface area is 106 Å². The molecule has 0 radical (unpaired) electrons. The van der Waals surface area contributed by atoms with Gasteiger partial charge in [-0.2, -0.15) is 4.37 Å². The average molecular weight is 285 g/mol. The molecule has 0 aliphatic rings. The summed E-state index contributed by atoms with van der Waals surface area (Å²) in [6.07, 6.45) is 0.990. The number of hydrogen-bond donors (Lipinski definition) is 0. The minimum absolute atomic E-state index is 0.124. The molecular weight excluding hydrogens is 278 g/mol. The Morgan fingerprint density at radius 1 is 1.33 bits per heavy atom. The van der Waals surface area contributed by atoms with Crippen molar-refractivity contribution in [3.8, 4) is 11.4 Å². The minimum atomic E-state index is -3.53. The van der Waals surface area contributed by atoms with Gasteiger partial charge in [0.2, 0.25) is 0 Å². The molecule has 0 saturated heterocycles. The molecule has 2 aromatic rings. The molecular formula is C9H7N3O4S2. The third-order valence-corrected chi connectivity index (χ3v) is 3.72. The van der Waals surface area contributed by atoms with Crippen molar-refractivity contribution in [3.05, 3.63) is 33.8 Å². The molecule has 0 saturated carbocycles. The number of hydrogen-bond acceptors (Lipinski definition) is 7. The van der Waals surface area contributed by atoms with Crippen molar-refractivity contribution in [2.75, 3.05) is 6.26 Å². The Hall–Kier alpha value is -1.87. The summed E-state index contributed by atoms with van der Waals surface area (Å²) in [5, 5.41) is 10.8. The fourth-order valence-corrected chi connectivity index (χ4v) is 2.45. The molecule has 0 N–H and O–H groups in total. The molecule has 0 unspecified atom stereocenters. The normalized spacial score (nSPS) is 11.4. The highest BCUT2D eigenvalue weighted by atomic mass is 32.2. The fourth-order valence-electron chi connectivity index (χ4n) is 1.33. The van der Waals surface area contributed by atoms with Gasteiger partial charge in [0.25, 0.3) is 5.69 Å². The first-order valence-electron chi connectivity index (χ1n) is 4.64. The monoisotopic (exact) mass is 285 g/mol. The van der Waals surface area contributed by atoms with Gasteiger partial charge in [0.05, 0.1) is 9.82 Å². The van der Waals surface area contributed by atoms with E-state index < -0.39 is 14.8 Å². The second kappa shape index (κ2) is 4.42. The second-order valence-corrected chi connectivity index (χ2v) is 6.12. The van der Waals surface area contributed by atoms with Crippen molar-refractivity contribution in [1.29, 1.82) is 0 Å². The Bertz CT molecular complexity index is 695. The first kappa shape index (κ1) is 12.6. The second-order valence-electron chi connectivity index (χ2n) is 3.50. The predicted molar refractivity (Wildman–Crippen MR) is 65.1 cm³/mol. The van der Waals surface area contributed by atoms with Crippen LogP contribution in [0, 0.1) is 10.1 Å². The number of benzene rings is 1. The van der Waals surface area contributed by atoms with Gasteiger partial charge in [-0.15, -0.1) is 0 Å². The molecule has 94 valence electrons. The summed E-state index contributed by atoms with van der Waals surface area (Å²) in [4.78, 5) is 13.9. The molecule has 1 heterocycles. The summed E-state index contributed by atoms with van der Waals surface area (Å²) in [5.41, 5.74) is 1.47. The number of non-ortho nitro benzene ring substituents is 1. The number of rotatable bonds is 3. The Morgan fingerprint density at radius 2 is 2.06 bits per heavy atom. The summed E-state index contributed by atoms with van der Waals surface area (Å²) < 4.78 is 26.9. The van der Waals surface area contributed by atoms with E-state index in [4.69, 9.17) is 0 Å². The van der Waals surface area contributed by atoms with Gasteiger partial charge in [0, 0.05) is 24.0 Å². The SMILES string of the molecule is CS(=O)(=O)c1cc(-c2ncsn2)cc([N+](=O)[O-])c1. The number of aromatic nitrogens is 2. The third kappa shape index (κ3) is 2.51. The van der Waals surface area contributed by atoms with E-state index in [1.165, 1.54) is 17.6 Å². The van der Waals surface area contributed by atoms with Crippen molar-refractivity contribution < 1.29 is 13.3 Å². The van der Waals surface area contributed by atoms with Gasteiger partial charge < -0.3 is 0 Å². The number of sulfone groups is 1. The summed E-state index contributed by atoms with van der Waals surface area (Å²) in [6, 6.07) is 3.59. The van der Waals surface area contributed by atoms with E-state index >= 15 is 0 Å². The molecule has 0 bridgehead atoms. The molecule has 0 spiro atoms. The lowest BCUT2D eigenvalue weighted by Gasteiger charge is -2.01. The predicted octanol–water partition coefficient (Wildman–Crippen LogP) is 1.52. The van der Waals surface area contributed by atoms with E-state index in [1.54, 1.807) is 0 Å². The van der Waals surface area contributed by atoms with Gasteiger partial charge >= 0.3 is 0 Å². The number of nitro benzene ring substituents is 1. The van der Waals surface area contributed by atoms with Crippen molar-refractivity contribution in [3.63, 3.8) is 0 Å². The maximum Gasteiger partial charge on any atom is 0.271 e. The van der Waals surface area contributed by atoms with Crippen LogP contribution in [0.1, 0.15) is 0 Å². The highest BCUT2D eigenvalue weighted by molar-refractivity contribution is 7.90. The highest BCUT2D eigenvalue weighted by Gasteiger charge is 2.17. The first-order chi connectivity index (χ1) is 8.38. The topological polar surface area (TPSA) is 103 Å². The lowest BCUT2D eigenvalue weighted by atomic mass is 10.2. The van der Waals surface area contributed by atoms with Crippen LogP contribution < -0.4 is 0 Å². The van der Waals surface area contributed by atoms with E-state index in [0.29, 0.717) is 5.56 Å². The van der Waals surface area contributed by atoms with Crippen molar-refractivity contribution in [2.24, 2.45) is 0 Å². The van der Waals surface area contributed by atoms with Gasteiger partial charge in [-0.25, -0.2) is 13.4 Å². The first-order valence-corrected chi connectivity index (χ1v) is 7.37. The van der Waals surface area contributed by atoms with Gasteiger partial charge in [-0.05, 0) is 17.6 Å². The Balaban J connectivity index is 2.68. The van der Waals surface area contributed by atoms with Crippen LogP contribution in [0.4, 0.5) is 5.69 Å². The van der Waals surface area contributed by atoms with E-state index in [1.807, 2.05) is 0 Å². The molecule has 0 fully saturated rings. The van der Waals surface area contributed by atoms with Gasteiger partial charge in [-0.1, -0.05) is 0 Å². The van der Waals surface area contributed by atoms with Crippen LogP contribution in [0.25, 0.3) is 11.4 Å². The van der Waals surface area contributed by atoms with E-state index in [2.05, 4.69) is 9.36 Å². The van der Waals surface area contributed by atoms with Crippen molar-refractivity contribution in [1.82, 2.24) is 9.36 Å². The lowest BCUT2D eigenvalue weighted by molar-refractivity contribution is -0.385. The Morgan fingerprint density at radius 3 is 2.56 bits per heavy atom. The summed E-state index contributed by atoms with van der Waals surface area (Å²) in [5.74, 6) is 0.272. The van der Waals surface area contributed by atoms with Crippen LogP contribution in [0.5, 0.6) is 0 Å². The standard InChI is InChI=1S/C9H7N3O4S2/c1-18(15,16)8-3-6(9-10-5-17-11-9)2-7(4-8)12(13)14/h2-5H,1H3. The average Bonchev–Trinajstić information content (AvgIpc) is 2.80. The number of nitro groups is 1. The summed E-state index contributed by atoms with van der Waals surface area (Å²) >= 11 is 1.08. The van der Waals surface area contributed by atoms with Crippen LogP contribution in [0.15, 0.2) is 28.6 Å². The van der Waals surface area contributed by atoms with Crippen LogP contribution in [-0.2, 0) is 9.84 Å². The van der Waals surface area contributed by atoms with Crippen molar-refractivity contribution >= 4 is 27.1 Å². The molecule has 9 heteroatoms. The molecule has 2 rings (SSSR count). The van der Waals surface area contributed by atoms with Gasteiger partial charge in [-0.3, -0.25) is 10.1 Å². The maximum absolute atomic E-state index is 11.5. The molecule has 0 amide bonds. The zero-order valence-electron chi connectivity index (χ0n) is 9.10. The number of nitrogens with zero attached hydrogens (tertiary/aromatic N) is 3. The molecule has 0 atom stereocenters. The molecule has 0 aliphatic carbocycles. The van der Waals surface area contributed by atoms with Gasteiger partial charge in [0.15, 0.2) is 15.7 Å². The highest BCUT2D eigenvalue weighted by Crippen LogP contribution is 2.26. The van der Waals surface area contributed by atoms with Gasteiger partial charge in [0.1, 0.15) is 5.51 Å². The molecule has 18 heavy (non-hydrogen) atoms. The van der Waals surface area contributed by atoms with Crippen molar-refractivity contribution in [2.45, 2.75) is 4.90 Å². The molecule has 0 aliphatic heterocycles. The maximum atomic E-state index is 11.5. The van der Waals surface area contributed by atoms with E-state index in [0.717, 1.165) is 23.9 Å².